The van der Waals surface area contributed by atoms with Crippen LogP contribution in [0.2, 0.25) is 0 Å². The molecule has 0 aliphatic rings. The lowest BCUT2D eigenvalue weighted by molar-refractivity contribution is 0.0755. The fourth-order valence-corrected chi connectivity index (χ4v) is 1.97. The Morgan fingerprint density at radius 2 is 1.95 bits per heavy atom. The first kappa shape index (κ1) is 13.9. The Kier molecular flexibility index (Phi) is 3.08. The van der Waals surface area contributed by atoms with Gasteiger partial charge in [0.1, 0.15) is 0 Å². The van der Waals surface area contributed by atoms with Gasteiger partial charge in [-0.05, 0) is 23.6 Å². The minimum absolute atomic E-state index is 0.155. The highest BCUT2D eigenvalue weighted by atomic mass is 32.3. The van der Waals surface area contributed by atoms with Crippen LogP contribution < -0.4 is 0 Å². The Hall–Kier alpha value is -1.57. The first-order valence-electron chi connectivity index (χ1n) is 5.45. The Labute approximate surface area is 107 Å². The van der Waals surface area contributed by atoms with E-state index in [0.717, 1.165) is 5.56 Å². The average molecular weight is 292 g/mol. The Bertz CT molecular complexity index is 723. The van der Waals surface area contributed by atoms with Crippen LogP contribution in [-0.4, -0.2) is 18.4 Å². The first-order chi connectivity index (χ1) is 8.63. The third kappa shape index (κ3) is 2.32. The first-order valence-corrected chi connectivity index (χ1v) is 6.83. The fourth-order valence-electron chi connectivity index (χ4n) is 1.64. The van der Waals surface area contributed by atoms with Crippen LogP contribution in [0.1, 0.15) is 31.2 Å². The number of aromatic amines is 1. The van der Waals surface area contributed by atoms with E-state index in [9.17, 15) is 21.1 Å². The van der Waals surface area contributed by atoms with Gasteiger partial charge in [0.05, 0.1) is 11.0 Å². The Morgan fingerprint density at radius 1 is 1.32 bits per heavy atom. The predicted molar refractivity (Wildman–Crippen MR) is 64.1 cm³/mol. The van der Waals surface area contributed by atoms with Crippen molar-refractivity contribution in [1.29, 1.82) is 0 Å². The van der Waals surface area contributed by atoms with Gasteiger partial charge in [-0.15, -0.1) is 0 Å². The van der Waals surface area contributed by atoms with Crippen LogP contribution in [0, 0.1) is 0 Å². The molecule has 4 nitrogen and oxygen atoms in total. The summed E-state index contributed by atoms with van der Waals surface area (Å²) in [4.78, 5) is 5.58. The monoisotopic (exact) mass is 292 g/mol. The van der Waals surface area contributed by atoms with Crippen molar-refractivity contribution >= 4 is 21.3 Å². The second-order valence-electron chi connectivity index (χ2n) is 4.47. The largest absolute Gasteiger partial charge is 0.430 e. The molecule has 0 spiro atoms. The van der Waals surface area contributed by atoms with Gasteiger partial charge in [-0.25, -0.2) is 4.98 Å². The third-order valence-corrected chi connectivity index (χ3v) is 3.56. The van der Waals surface area contributed by atoms with Crippen molar-refractivity contribution in [1.82, 2.24) is 9.97 Å². The summed E-state index contributed by atoms with van der Waals surface area (Å²) in [6, 6.07) is 4.75. The van der Waals surface area contributed by atoms with Gasteiger partial charge in [-0.3, -0.25) is 0 Å². The van der Waals surface area contributed by atoms with E-state index >= 15 is 0 Å². The number of nitrogens with one attached hydrogen (secondary N) is 1. The molecule has 2 rings (SSSR count). The molecule has 0 atom stereocenters. The molecule has 1 N–H and O–H groups in total. The van der Waals surface area contributed by atoms with E-state index in [2.05, 4.69) is 9.97 Å². The molecule has 0 amide bonds. The molecule has 1 aromatic heterocycles. The molecule has 2 aromatic rings. The van der Waals surface area contributed by atoms with Crippen molar-refractivity contribution in [3.63, 3.8) is 0 Å². The number of fused-ring (bicyclic) bond motifs is 1. The molecular formula is C11H11F3N2O2S. The van der Waals surface area contributed by atoms with E-state index in [1.54, 1.807) is 12.1 Å². The van der Waals surface area contributed by atoms with E-state index in [0.29, 0.717) is 0 Å². The van der Waals surface area contributed by atoms with Crippen LogP contribution >= 0.6 is 0 Å². The van der Waals surface area contributed by atoms with Gasteiger partial charge in [-0.2, -0.15) is 17.2 Å². The third-order valence-electron chi connectivity index (χ3n) is 2.75. The molecule has 0 unspecified atom stereocenters. The SMILES string of the molecule is CC(C)c1ccc2nc(C(F)(F)S(=O)(=O)F)[nH]c2c1. The highest BCUT2D eigenvalue weighted by Gasteiger charge is 2.50. The lowest BCUT2D eigenvalue weighted by atomic mass is 10.0. The number of benzene rings is 1. The summed E-state index contributed by atoms with van der Waals surface area (Å²) in [5.74, 6) is -1.05. The number of hydrogen-bond acceptors (Lipinski definition) is 3. The molecule has 0 aliphatic heterocycles. The summed E-state index contributed by atoms with van der Waals surface area (Å²) in [6.45, 7) is 3.83. The molecule has 8 heteroatoms. The average Bonchev–Trinajstić information content (AvgIpc) is 2.70. The maximum absolute atomic E-state index is 13.3. The lowest BCUT2D eigenvalue weighted by Gasteiger charge is -2.06. The van der Waals surface area contributed by atoms with Crippen LogP contribution in [0.15, 0.2) is 18.2 Å². The van der Waals surface area contributed by atoms with E-state index in [1.807, 2.05) is 13.8 Å². The van der Waals surface area contributed by atoms with Gasteiger partial charge in [0.25, 0.3) is 0 Å². The number of aromatic nitrogens is 2. The number of rotatable bonds is 3. The van der Waals surface area contributed by atoms with Crippen molar-refractivity contribution in [3.05, 3.63) is 29.6 Å². The lowest BCUT2D eigenvalue weighted by Crippen LogP contribution is -2.23. The Balaban J connectivity index is 2.60. The number of halogens is 3. The van der Waals surface area contributed by atoms with Crippen LogP contribution in [0.25, 0.3) is 11.0 Å². The smallest absolute Gasteiger partial charge is 0.336 e. The Morgan fingerprint density at radius 3 is 2.47 bits per heavy atom. The molecule has 0 saturated carbocycles. The standard InChI is InChI=1S/C11H11F3N2O2S/c1-6(2)7-3-4-8-9(5-7)16-10(15-8)11(12,13)19(14,17)18/h3-6H,1-2H3,(H,15,16). The number of alkyl halides is 2. The molecule has 19 heavy (non-hydrogen) atoms. The molecule has 0 saturated heterocycles. The van der Waals surface area contributed by atoms with Crippen LogP contribution in [0.5, 0.6) is 0 Å². The molecule has 104 valence electrons. The molecule has 0 fully saturated rings. The second kappa shape index (κ2) is 4.22. The molecule has 0 radical (unpaired) electrons. The van der Waals surface area contributed by atoms with Gasteiger partial charge in [0, 0.05) is 0 Å². The van der Waals surface area contributed by atoms with E-state index in [4.69, 9.17) is 0 Å². The highest BCUT2D eigenvalue weighted by Crippen LogP contribution is 2.34. The van der Waals surface area contributed by atoms with Crippen molar-refractivity contribution in [2.75, 3.05) is 0 Å². The maximum atomic E-state index is 13.3. The van der Waals surface area contributed by atoms with Gasteiger partial charge < -0.3 is 4.98 Å². The molecule has 0 aliphatic carbocycles. The number of H-pyrrole nitrogens is 1. The summed E-state index contributed by atoms with van der Waals surface area (Å²) in [6.07, 6.45) is 0. The predicted octanol–water partition coefficient (Wildman–Crippen LogP) is 3.03. The minimum atomic E-state index is -6.06. The molecule has 1 heterocycles. The summed E-state index contributed by atoms with van der Waals surface area (Å²) in [5.41, 5.74) is 1.27. The summed E-state index contributed by atoms with van der Waals surface area (Å²) in [7, 11) is -6.06. The van der Waals surface area contributed by atoms with Gasteiger partial charge >= 0.3 is 15.5 Å². The van der Waals surface area contributed by atoms with Crippen molar-refractivity contribution < 1.29 is 21.1 Å². The van der Waals surface area contributed by atoms with E-state index < -0.39 is 21.3 Å². The fraction of sp³-hybridized carbons (Fsp3) is 0.364. The maximum Gasteiger partial charge on any atom is 0.430 e. The number of nitrogens with zero attached hydrogens (tertiary/aromatic N) is 1. The van der Waals surface area contributed by atoms with Crippen molar-refractivity contribution in [3.8, 4) is 0 Å². The van der Waals surface area contributed by atoms with Crippen molar-refractivity contribution in [2.45, 2.75) is 25.0 Å². The minimum Gasteiger partial charge on any atom is -0.336 e. The van der Waals surface area contributed by atoms with Gasteiger partial charge in [0.15, 0.2) is 5.82 Å². The summed E-state index contributed by atoms with van der Waals surface area (Å²) in [5, 5.41) is -4.68. The topological polar surface area (TPSA) is 62.8 Å². The zero-order chi connectivity index (χ0) is 14.4. The van der Waals surface area contributed by atoms with Crippen LogP contribution in [-0.2, 0) is 15.5 Å². The van der Waals surface area contributed by atoms with E-state index in [1.165, 1.54) is 6.07 Å². The van der Waals surface area contributed by atoms with Crippen molar-refractivity contribution in [2.24, 2.45) is 0 Å². The molecular weight excluding hydrogens is 281 g/mol. The summed E-state index contributed by atoms with van der Waals surface area (Å²) < 4.78 is 60.0. The second-order valence-corrected chi connectivity index (χ2v) is 5.86. The molecule has 1 aromatic carbocycles. The normalized spacial score (nSPS) is 13.4. The number of imidazole rings is 1. The van der Waals surface area contributed by atoms with Crippen LogP contribution in [0.3, 0.4) is 0 Å². The number of hydrogen-bond donors (Lipinski definition) is 1. The van der Waals surface area contributed by atoms with Gasteiger partial charge in [0.2, 0.25) is 0 Å². The van der Waals surface area contributed by atoms with Crippen LogP contribution in [0.4, 0.5) is 12.7 Å². The van der Waals surface area contributed by atoms with Gasteiger partial charge in [-0.1, -0.05) is 23.8 Å². The van der Waals surface area contributed by atoms with E-state index in [-0.39, 0.29) is 17.0 Å². The zero-order valence-corrected chi connectivity index (χ0v) is 10.9. The highest BCUT2D eigenvalue weighted by molar-refractivity contribution is 7.87. The summed E-state index contributed by atoms with van der Waals surface area (Å²) >= 11 is 0. The quantitative estimate of drug-likeness (QED) is 0.884. The molecule has 0 bridgehead atoms. The zero-order valence-electron chi connectivity index (χ0n) is 10.1.